The summed E-state index contributed by atoms with van der Waals surface area (Å²) >= 11 is 0.827. The molecule has 0 amide bonds. The summed E-state index contributed by atoms with van der Waals surface area (Å²) in [4.78, 5) is 5.49. The maximum Gasteiger partial charge on any atom is 0.452 e. The number of rotatable bonds is 3. The molecule has 2 heterocycles. The molecule has 4 nitrogen and oxygen atoms in total. The summed E-state index contributed by atoms with van der Waals surface area (Å²) in [6.45, 7) is 2.38. The predicted octanol–water partition coefficient (Wildman–Crippen LogP) is 1.99. The first-order chi connectivity index (χ1) is 8.50. The van der Waals surface area contributed by atoms with Gasteiger partial charge in [-0.1, -0.05) is 0 Å². The third-order valence-corrected chi connectivity index (χ3v) is 3.73. The molecule has 1 saturated heterocycles. The summed E-state index contributed by atoms with van der Waals surface area (Å²) in [5.41, 5.74) is 0. The summed E-state index contributed by atoms with van der Waals surface area (Å²) in [5.74, 6) is -0.569. The number of piperidine rings is 1. The maximum absolute atomic E-state index is 12.4. The molecule has 2 rings (SSSR count). The van der Waals surface area contributed by atoms with E-state index < -0.39 is 12.0 Å². The third kappa shape index (κ3) is 3.11. The zero-order valence-corrected chi connectivity index (χ0v) is 10.8. The van der Waals surface area contributed by atoms with Crippen LogP contribution >= 0.6 is 11.5 Å². The van der Waals surface area contributed by atoms with E-state index in [2.05, 4.69) is 14.7 Å². The van der Waals surface area contributed by atoms with Crippen molar-refractivity contribution >= 4 is 16.7 Å². The van der Waals surface area contributed by atoms with Crippen molar-refractivity contribution < 1.29 is 13.2 Å². The van der Waals surface area contributed by atoms with Crippen LogP contribution in [0.1, 0.15) is 18.7 Å². The minimum absolute atomic E-state index is 0.378. The van der Waals surface area contributed by atoms with Crippen LogP contribution in [0.4, 0.5) is 18.3 Å². The molecule has 1 aliphatic heterocycles. The highest BCUT2D eigenvalue weighted by Gasteiger charge is 2.37. The van der Waals surface area contributed by atoms with E-state index in [1.54, 1.807) is 0 Å². The highest BCUT2D eigenvalue weighted by atomic mass is 32.1. The van der Waals surface area contributed by atoms with Gasteiger partial charge in [0.1, 0.15) is 0 Å². The number of hydrogen-bond acceptors (Lipinski definition) is 5. The molecule has 0 aromatic carbocycles. The number of nitrogens with one attached hydrogen (secondary N) is 1. The van der Waals surface area contributed by atoms with Crippen molar-refractivity contribution in [3.05, 3.63) is 5.82 Å². The zero-order valence-electron chi connectivity index (χ0n) is 10.00. The molecule has 0 aliphatic carbocycles. The van der Waals surface area contributed by atoms with E-state index in [1.165, 1.54) is 0 Å². The first-order valence-electron chi connectivity index (χ1n) is 5.81. The molecular formula is C10H15F3N4S. The van der Waals surface area contributed by atoms with E-state index in [0.717, 1.165) is 44.0 Å². The van der Waals surface area contributed by atoms with Crippen molar-refractivity contribution in [1.29, 1.82) is 0 Å². The lowest BCUT2D eigenvalue weighted by molar-refractivity contribution is -0.144. The second-order valence-electron chi connectivity index (χ2n) is 4.41. The average molecular weight is 280 g/mol. The van der Waals surface area contributed by atoms with Crippen LogP contribution in [-0.2, 0) is 6.18 Å². The molecule has 1 fully saturated rings. The lowest BCUT2D eigenvalue weighted by Crippen LogP contribution is -2.39. The van der Waals surface area contributed by atoms with Gasteiger partial charge in [-0.05, 0) is 32.4 Å². The standard InChI is InChI=1S/C10H15F3N4S/c1-14-5-7-3-2-4-17(6-7)9-15-8(16-18-9)10(11,12)13/h7,14H,2-6H2,1H3. The van der Waals surface area contributed by atoms with Gasteiger partial charge in [0.15, 0.2) is 0 Å². The number of nitrogens with zero attached hydrogens (tertiary/aromatic N) is 3. The minimum atomic E-state index is -4.45. The second-order valence-corrected chi connectivity index (χ2v) is 5.14. The van der Waals surface area contributed by atoms with E-state index in [-0.39, 0.29) is 0 Å². The molecule has 0 radical (unpaired) electrons. The molecule has 1 aliphatic rings. The Kier molecular flexibility index (Phi) is 4.06. The zero-order chi connectivity index (χ0) is 13.2. The molecule has 1 aromatic heterocycles. The Morgan fingerprint density at radius 2 is 2.28 bits per heavy atom. The van der Waals surface area contributed by atoms with Crippen molar-refractivity contribution in [2.75, 3.05) is 31.6 Å². The SMILES string of the molecule is CNCC1CCCN(c2nc(C(F)(F)F)ns2)C1. The van der Waals surface area contributed by atoms with Gasteiger partial charge in [0, 0.05) is 24.6 Å². The van der Waals surface area contributed by atoms with Crippen molar-refractivity contribution in [3.63, 3.8) is 0 Å². The normalized spacial score (nSPS) is 21.3. The summed E-state index contributed by atoms with van der Waals surface area (Å²) in [7, 11) is 1.88. The topological polar surface area (TPSA) is 41.0 Å². The number of hydrogen-bond donors (Lipinski definition) is 1. The van der Waals surface area contributed by atoms with E-state index in [1.807, 2.05) is 11.9 Å². The lowest BCUT2D eigenvalue weighted by Gasteiger charge is -2.32. The van der Waals surface area contributed by atoms with Gasteiger partial charge in [0.2, 0.25) is 11.0 Å². The molecule has 1 atom stereocenters. The van der Waals surface area contributed by atoms with Crippen LogP contribution in [0.15, 0.2) is 0 Å². The Labute approximate surface area is 107 Å². The molecule has 1 unspecified atom stereocenters. The van der Waals surface area contributed by atoms with Crippen molar-refractivity contribution in [1.82, 2.24) is 14.7 Å². The van der Waals surface area contributed by atoms with Gasteiger partial charge in [0.25, 0.3) is 0 Å². The molecule has 8 heteroatoms. The Morgan fingerprint density at radius 3 is 2.89 bits per heavy atom. The summed E-state index contributed by atoms with van der Waals surface area (Å²) in [6.07, 6.45) is -2.37. The lowest BCUT2D eigenvalue weighted by atomic mass is 9.98. The van der Waals surface area contributed by atoms with Crippen LogP contribution in [0, 0.1) is 5.92 Å². The molecule has 1 aromatic rings. The van der Waals surface area contributed by atoms with E-state index >= 15 is 0 Å². The van der Waals surface area contributed by atoms with Crippen LogP contribution in [-0.4, -0.2) is 36.0 Å². The minimum Gasteiger partial charge on any atom is -0.347 e. The number of aromatic nitrogens is 2. The molecule has 0 spiro atoms. The summed E-state index contributed by atoms with van der Waals surface area (Å²) in [5, 5.41) is 3.48. The second kappa shape index (κ2) is 5.40. The van der Waals surface area contributed by atoms with Crippen LogP contribution < -0.4 is 10.2 Å². The van der Waals surface area contributed by atoms with Gasteiger partial charge >= 0.3 is 6.18 Å². The smallest absolute Gasteiger partial charge is 0.347 e. The van der Waals surface area contributed by atoms with Gasteiger partial charge in [0.05, 0.1) is 0 Å². The van der Waals surface area contributed by atoms with Gasteiger partial charge < -0.3 is 10.2 Å². The first-order valence-corrected chi connectivity index (χ1v) is 6.58. The highest BCUT2D eigenvalue weighted by molar-refractivity contribution is 7.09. The first kappa shape index (κ1) is 13.5. The Hall–Kier alpha value is -0.890. The van der Waals surface area contributed by atoms with Crippen LogP contribution in [0.3, 0.4) is 0 Å². The van der Waals surface area contributed by atoms with Gasteiger partial charge in [-0.15, -0.1) is 0 Å². The quantitative estimate of drug-likeness (QED) is 0.919. The van der Waals surface area contributed by atoms with Crippen LogP contribution in [0.25, 0.3) is 0 Å². The average Bonchev–Trinajstić information content (AvgIpc) is 2.78. The Bertz CT molecular complexity index is 391. The summed E-state index contributed by atoms with van der Waals surface area (Å²) < 4.78 is 40.6. The molecule has 1 N–H and O–H groups in total. The van der Waals surface area contributed by atoms with E-state index in [4.69, 9.17) is 0 Å². The molecule has 0 bridgehead atoms. The number of halogens is 3. The maximum atomic E-state index is 12.4. The molecule has 0 saturated carbocycles. The highest BCUT2D eigenvalue weighted by Crippen LogP contribution is 2.31. The fourth-order valence-electron chi connectivity index (χ4n) is 2.15. The van der Waals surface area contributed by atoms with Crippen LogP contribution in [0.5, 0.6) is 0 Å². The van der Waals surface area contributed by atoms with Gasteiger partial charge in [-0.25, -0.2) is 0 Å². The van der Waals surface area contributed by atoms with Gasteiger partial charge in [-0.2, -0.15) is 22.5 Å². The number of alkyl halides is 3. The number of anilines is 1. The van der Waals surface area contributed by atoms with Crippen molar-refractivity contribution in [3.8, 4) is 0 Å². The Balaban J connectivity index is 2.05. The van der Waals surface area contributed by atoms with E-state index in [0.29, 0.717) is 11.0 Å². The molecular weight excluding hydrogens is 265 g/mol. The fraction of sp³-hybridized carbons (Fsp3) is 0.800. The largest absolute Gasteiger partial charge is 0.452 e. The van der Waals surface area contributed by atoms with Crippen molar-refractivity contribution in [2.24, 2.45) is 5.92 Å². The molecule has 102 valence electrons. The van der Waals surface area contributed by atoms with E-state index in [9.17, 15) is 13.2 Å². The van der Waals surface area contributed by atoms with Crippen molar-refractivity contribution in [2.45, 2.75) is 19.0 Å². The third-order valence-electron chi connectivity index (χ3n) is 2.95. The Morgan fingerprint density at radius 1 is 1.50 bits per heavy atom. The monoisotopic (exact) mass is 280 g/mol. The molecule has 18 heavy (non-hydrogen) atoms. The van der Waals surface area contributed by atoms with Crippen LogP contribution in [0.2, 0.25) is 0 Å². The van der Waals surface area contributed by atoms with Gasteiger partial charge in [-0.3, -0.25) is 0 Å². The fourth-order valence-corrected chi connectivity index (χ4v) is 2.87. The summed E-state index contributed by atoms with van der Waals surface area (Å²) in [6, 6.07) is 0. The predicted molar refractivity (Wildman–Crippen MR) is 63.8 cm³/mol.